The minimum Gasteiger partial charge on any atom is -0.406 e. The highest BCUT2D eigenvalue weighted by atomic mass is 19.4. The predicted octanol–water partition coefficient (Wildman–Crippen LogP) is 2.89. The maximum Gasteiger partial charge on any atom is 0.573 e. The lowest BCUT2D eigenvalue weighted by atomic mass is 10.1. The van der Waals surface area contributed by atoms with Crippen molar-refractivity contribution in [2.24, 2.45) is 0 Å². The van der Waals surface area contributed by atoms with Crippen LogP contribution in [0.2, 0.25) is 0 Å². The average molecular weight is 493 g/mol. The van der Waals surface area contributed by atoms with Crippen LogP contribution in [0.25, 0.3) is 16.9 Å². The van der Waals surface area contributed by atoms with Crippen molar-refractivity contribution < 1.29 is 27.4 Å². The summed E-state index contributed by atoms with van der Waals surface area (Å²) < 4.78 is 48.6. The number of carbonyl (C=O) groups is 1. The first kappa shape index (κ1) is 24.7. The number of piperazine rings is 1. The molecule has 1 aliphatic heterocycles. The van der Waals surface area contributed by atoms with E-state index in [1.54, 1.807) is 23.0 Å². The SMILES string of the molecule is CCOCCN1CCN(C(=O)CNc2c(-c3ccc(OC(F)(F)F)cc3)nc3cnccn23)CC1. The van der Waals surface area contributed by atoms with Crippen LogP contribution in [0.3, 0.4) is 0 Å². The monoisotopic (exact) mass is 492 g/mol. The topological polar surface area (TPSA) is 84.2 Å². The van der Waals surface area contributed by atoms with Crippen molar-refractivity contribution in [1.82, 2.24) is 24.2 Å². The lowest BCUT2D eigenvalue weighted by Crippen LogP contribution is -2.50. The number of anilines is 1. The van der Waals surface area contributed by atoms with Crippen LogP contribution >= 0.6 is 0 Å². The highest BCUT2D eigenvalue weighted by molar-refractivity contribution is 5.84. The van der Waals surface area contributed by atoms with Crippen LogP contribution in [-0.4, -0.2) is 88.9 Å². The van der Waals surface area contributed by atoms with E-state index < -0.39 is 6.36 Å². The molecule has 12 heteroatoms. The van der Waals surface area contributed by atoms with Gasteiger partial charge in [-0.3, -0.25) is 19.1 Å². The molecule has 4 rings (SSSR count). The molecule has 1 aliphatic rings. The molecule has 0 radical (unpaired) electrons. The van der Waals surface area contributed by atoms with Crippen molar-refractivity contribution >= 4 is 17.4 Å². The van der Waals surface area contributed by atoms with E-state index in [9.17, 15) is 18.0 Å². The number of hydrogen-bond acceptors (Lipinski definition) is 7. The Balaban J connectivity index is 1.44. The zero-order chi connectivity index (χ0) is 24.8. The van der Waals surface area contributed by atoms with E-state index in [-0.39, 0.29) is 18.2 Å². The molecule has 188 valence electrons. The first-order valence-electron chi connectivity index (χ1n) is 11.3. The van der Waals surface area contributed by atoms with Gasteiger partial charge < -0.3 is 19.7 Å². The van der Waals surface area contributed by atoms with E-state index >= 15 is 0 Å². The number of hydrogen-bond donors (Lipinski definition) is 1. The number of ether oxygens (including phenoxy) is 2. The Labute approximate surface area is 200 Å². The van der Waals surface area contributed by atoms with Crippen LogP contribution in [0.15, 0.2) is 42.9 Å². The largest absolute Gasteiger partial charge is 0.573 e. The van der Waals surface area contributed by atoms with Crippen molar-refractivity contribution in [1.29, 1.82) is 0 Å². The van der Waals surface area contributed by atoms with Crippen LogP contribution in [0.4, 0.5) is 19.0 Å². The molecule has 3 aromatic rings. The third-order valence-corrected chi connectivity index (χ3v) is 5.68. The summed E-state index contributed by atoms with van der Waals surface area (Å²) in [6.45, 7) is 7.09. The molecule has 3 heterocycles. The normalized spacial score (nSPS) is 14.9. The standard InChI is InChI=1S/C23H27F3N6O3/c1-2-34-14-13-30-9-11-31(12-10-30)20(33)16-28-22-21(29-19-15-27-7-8-32(19)22)17-3-5-18(6-4-17)35-23(24,25)26/h3-8,15,28H,2,9-14,16H2,1H3. The summed E-state index contributed by atoms with van der Waals surface area (Å²) in [5.41, 5.74) is 1.60. The molecule has 0 atom stereocenters. The molecule has 0 bridgehead atoms. The summed E-state index contributed by atoms with van der Waals surface area (Å²) >= 11 is 0. The quantitative estimate of drug-likeness (QED) is 0.460. The summed E-state index contributed by atoms with van der Waals surface area (Å²) in [5.74, 6) is 0.186. The Morgan fingerprint density at radius 2 is 1.89 bits per heavy atom. The summed E-state index contributed by atoms with van der Waals surface area (Å²) in [6.07, 6.45) is 0.0986. The highest BCUT2D eigenvalue weighted by Crippen LogP contribution is 2.31. The number of alkyl halides is 3. The van der Waals surface area contributed by atoms with Crippen LogP contribution in [0, 0.1) is 0 Å². The smallest absolute Gasteiger partial charge is 0.406 e. The zero-order valence-electron chi connectivity index (χ0n) is 19.3. The van der Waals surface area contributed by atoms with Gasteiger partial charge in [0, 0.05) is 57.3 Å². The number of rotatable bonds is 9. The van der Waals surface area contributed by atoms with E-state index in [2.05, 4.69) is 24.9 Å². The fraction of sp³-hybridized carbons (Fsp3) is 0.435. The molecule has 1 saturated heterocycles. The van der Waals surface area contributed by atoms with Gasteiger partial charge in [0.2, 0.25) is 5.91 Å². The Kier molecular flexibility index (Phi) is 7.71. The van der Waals surface area contributed by atoms with Crippen LogP contribution in [0.5, 0.6) is 5.75 Å². The predicted molar refractivity (Wildman–Crippen MR) is 123 cm³/mol. The third kappa shape index (κ3) is 6.40. The van der Waals surface area contributed by atoms with Crippen molar-refractivity contribution in [2.75, 3.05) is 57.8 Å². The van der Waals surface area contributed by atoms with E-state index in [0.717, 1.165) is 19.6 Å². The summed E-state index contributed by atoms with van der Waals surface area (Å²) in [7, 11) is 0. The second-order valence-corrected chi connectivity index (χ2v) is 7.96. The Hall–Kier alpha value is -3.38. The van der Waals surface area contributed by atoms with Crippen LogP contribution in [-0.2, 0) is 9.53 Å². The van der Waals surface area contributed by atoms with E-state index in [1.807, 2.05) is 11.8 Å². The second-order valence-electron chi connectivity index (χ2n) is 7.96. The molecule has 0 saturated carbocycles. The number of amides is 1. The van der Waals surface area contributed by atoms with Crippen molar-refractivity contribution in [2.45, 2.75) is 13.3 Å². The molecule has 0 aliphatic carbocycles. The summed E-state index contributed by atoms with van der Waals surface area (Å²) in [4.78, 5) is 25.6. The van der Waals surface area contributed by atoms with E-state index in [0.29, 0.717) is 49.0 Å². The van der Waals surface area contributed by atoms with Gasteiger partial charge in [-0.05, 0) is 31.2 Å². The first-order valence-corrected chi connectivity index (χ1v) is 11.3. The number of fused-ring (bicyclic) bond motifs is 1. The van der Waals surface area contributed by atoms with Gasteiger partial charge in [-0.1, -0.05) is 0 Å². The molecule has 2 aromatic heterocycles. The molecule has 0 unspecified atom stereocenters. The fourth-order valence-corrected chi connectivity index (χ4v) is 3.92. The number of benzene rings is 1. The zero-order valence-corrected chi connectivity index (χ0v) is 19.3. The Morgan fingerprint density at radius 1 is 1.14 bits per heavy atom. The Morgan fingerprint density at radius 3 is 2.57 bits per heavy atom. The summed E-state index contributed by atoms with van der Waals surface area (Å²) in [6, 6.07) is 5.44. The lowest BCUT2D eigenvalue weighted by molar-refractivity contribution is -0.274. The lowest BCUT2D eigenvalue weighted by Gasteiger charge is -2.34. The van der Waals surface area contributed by atoms with Crippen molar-refractivity contribution in [3.8, 4) is 17.0 Å². The van der Waals surface area contributed by atoms with Gasteiger partial charge in [-0.2, -0.15) is 0 Å². The maximum atomic E-state index is 12.9. The minimum absolute atomic E-state index is 0.0432. The van der Waals surface area contributed by atoms with Crippen LogP contribution in [0.1, 0.15) is 6.92 Å². The van der Waals surface area contributed by atoms with E-state index in [4.69, 9.17) is 4.74 Å². The van der Waals surface area contributed by atoms with Crippen molar-refractivity contribution in [3.05, 3.63) is 42.9 Å². The van der Waals surface area contributed by atoms with Crippen LogP contribution < -0.4 is 10.1 Å². The molecule has 1 aromatic carbocycles. The number of halogens is 3. The highest BCUT2D eigenvalue weighted by Gasteiger charge is 2.31. The minimum atomic E-state index is -4.77. The molecule has 9 nitrogen and oxygen atoms in total. The summed E-state index contributed by atoms with van der Waals surface area (Å²) in [5, 5.41) is 3.17. The van der Waals surface area contributed by atoms with Gasteiger partial charge in [0.1, 0.15) is 17.3 Å². The number of nitrogens with one attached hydrogen (secondary N) is 1. The fourth-order valence-electron chi connectivity index (χ4n) is 3.92. The van der Waals surface area contributed by atoms with Gasteiger partial charge in [0.25, 0.3) is 0 Å². The number of nitrogens with zero attached hydrogens (tertiary/aromatic N) is 5. The molecule has 1 fully saturated rings. The molecular weight excluding hydrogens is 465 g/mol. The number of aromatic nitrogens is 3. The van der Waals surface area contributed by atoms with Crippen molar-refractivity contribution in [3.63, 3.8) is 0 Å². The van der Waals surface area contributed by atoms with Gasteiger partial charge in [0.15, 0.2) is 5.65 Å². The van der Waals surface area contributed by atoms with Gasteiger partial charge in [-0.25, -0.2) is 4.98 Å². The van der Waals surface area contributed by atoms with Gasteiger partial charge in [-0.15, -0.1) is 13.2 Å². The molecule has 0 spiro atoms. The maximum absolute atomic E-state index is 12.9. The number of imidazole rings is 1. The molecule has 1 N–H and O–H groups in total. The third-order valence-electron chi connectivity index (χ3n) is 5.68. The van der Waals surface area contributed by atoms with E-state index in [1.165, 1.54) is 24.3 Å². The number of carbonyl (C=O) groups excluding carboxylic acids is 1. The van der Waals surface area contributed by atoms with Gasteiger partial charge >= 0.3 is 6.36 Å². The second kappa shape index (κ2) is 10.9. The van der Waals surface area contributed by atoms with Gasteiger partial charge in [0.05, 0.1) is 19.3 Å². The average Bonchev–Trinajstić information content (AvgIpc) is 3.21. The molecular formula is C23H27F3N6O3. The molecule has 35 heavy (non-hydrogen) atoms. The molecule has 1 amide bonds. The first-order chi connectivity index (χ1) is 16.8. The Bertz CT molecular complexity index is 1130.